The Labute approximate surface area is 55.1 Å². The van der Waals surface area contributed by atoms with Gasteiger partial charge >= 0.3 is 0 Å². The molecule has 3 aliphatic rings. The van der Waals surface area contributed by atoms with Crippen LogP contribution >= 0.6 is 12.4 Å². The third-order valence-electron chi connectivity index (χ3n) is 2.28. The van der Waals surface area contributed by atoms with Gasteiger partial charge in [-0.05, 0) is 25.2 Å². The molecule has 0 aromatic heterocycles. The molecule has 0 aliphatic heterocycles. The highest BCUT2D eigenvalue weighted by molar-refractivity contribution is 5.85. The molecule has 2 bridgehead atoms. The molecule has 1 nitrogen and oxygen atoms in total. The Bertz CT molecular complexity index is 130. The van der Waals surface area contributed by atoms with Crippen molar-refractivity contribution in [2.75, 3.05) is 0 Å². The van der Waals surface area contributed by atoms with Crippen molar-refractivity contribution >= 4 is 12.4 Å². The van der Waals surface area contributed by atoms with E-state index >= 15 is 0 Å². The van der Waals surface area contributed by atoms with Crippen LogP contribution in [0.5, 0.6) is 0 Å². The van der Waals surface area contributed by atoms with E-state index in [1.165, 1.54) is 19.3 Å². The molecule has 0 unspecified atom stereocenters. The topological polar surface area (TPSA) is 23.8 Å². The molecular formula is C6H8ClN. The van der Waals surface area contributed by atoms with Gasteiger partial charge < -0.3 is 0 Å². The lowest BCUT2D eigenvalue weighted by Gasteiger charge is -2.56. The van der Waals surface area contributed by atoms with E-state index in [2.05, 4.69) is 6.07 Å². The number of rotatable bonds is 0. The summed E-state index contributed by atoms with van der Waals surface area (Å²) in [5.74, 6) is 0.958. The van der Waals surface area contributed by atoms with Crippen LogP contribution in [0.2, 0.25) is 0 Å². The molecule has 3 saturated carbocycles. The van der Waals surface area contributed by atoms with E-state index in [1.807, 2.05) is 0 Å². The van der Waals surface area contributed by atoms with Crippen LogP contribution in [-0.2, 0) is 0 Å². The van der Waals surface area contributed by atoms with Crippen molar-refractivity contribution < 1.29 is 0 Å². The van der Waals surface area contributed by atoms with Gasteiger partial charge in [-0.15, -0.1) is 12.4 Å². The molecule has 0 aromatic rings. The lowest BCUT2D eigenvalue weighted by atomic mass is 9.45. The fraction of sp³-hybridized carbons (Fsp3) is 0.833. The van der Waals surface area contributed by atoms with Gasteiger partial charge in [-0.3, -0.25) is 0 Å². The fourth-order valence-electron chi connectivity index (χ4n) is 1.62. The molecule has 0 spiro atoms. The molecule has 3 rings (SSSR count). The third kappa shape index (κ3) is 0.418. The zero-order valence-corrected chi connectivity index (χ0v) is 5.37. The Hall–Kier alpha value is -0.220. The second-order valence-corrected chi connectivity index (χ2v) is 2.87. The highest BCUT2D eigenvalue weighted by Gasteiger charge is 2.57. The molecular weight excluding hydrogens is 122 g/mol. The van der Waals surface area contributed by atoms with Gasteiger partial charge in [-0.25, -0.2) is 0 Å². The monoisotopic (exact) mass is 129 g/mol. The predicted molar refractivity (Wildman–Crippen MR) is 32.6 cm³/mol. The molecule has 0 heterocycles. The quantitative estimate of drug-likeness (QED) is 0.489. The summed E-state index contributed by atoms with van der Waals surface area (Å²) in [6.45, 7) is 0. The molecule has 0 saturated heterocycles. The fourth-order valence-corrected chi connectivity index (χ4v) is 1.62. The number of hydrogen-bond donors (Lipinski definition) is 0. The second-order valence-electron chi connectivity index (χ2n) is 2.87. The maximum absolute atomic E-state index is 8.43. The maximum Gasteiger partial charge on any atom is 0.0690 e. The van der Waals surface area contributed by atoms with Crippen molar-refractivity contribution in [3.05, 3.63) is 0 Å². The first-order valence-electron chi connectivity index (χ1n) is 2.76. The Morgan fingerprint density at radius 2 is 1.88 bits per heavy atom. The molecule has 3 fully saturated rings. The summed E-state index contributed by atoms with van der Waals surface area (Å²) in [4.78, 5) is 0. The standard InChI is InChI=1S/C6H7N.ClH/c7-4-6-1-5(2-6)3-6;/h5H,1-3H2;1H. The summed E-state index contributed by atoms with van der Waals surface area (Å²) in [6, 6.07) is 2.34. The van der Waals surface area contributed by atoms with E-state index in [0.717, 1.165) is 5.92 Å². The molecule has 8 heavy (non-hydrogen) atoms. The Morgan fingerprint density at radius 1 is 1.38 bits per heavy atom. The van der Waals surface area contributed by atoms with E-state index in [-0.39, 0.29) is 17.8 Å². The van der Waals surface area contributed by atoms with Gasteiger partial charge in [0.15, 0.2) is 0 Å². The molecule has 44 valence electrons. The van der Waals surface area contributed by atoms with Crippen molar-refractivity contribution in [3.63, 3.8) is 0 Å². The van der Waals surface area contributed by atoms with Crippen molar-refractivity contribution in [3.8, 4) is 6.07 Å². The minimum atomic E-state index is 0. The highest BCUT2D eigenvalue weighted by atomic mass is 35.5. The van der Waals surface area contributed by atoms with Crippen LogP contribution in [0.4, 0.5) is 0 Å². The Balaban J connectivity index is 0.000000320. The van der Waals surface area contributed by atoms with Gasteiger partial charge in [0, 0.05) is 0 Å². The normalized spacial score (nSPS) is 47.1. The molecule has 2 heteroatoms. The van der Waals surface area contributed by atoms with Crippen molar-refractivity contribution in [1.29, 1.82) is 5.26 Å². The largest absolute Gasteiger partial charge is 0.198 e. The third-order valence-corrected chi connectivity index (χ3v) is 2.28. The number of nitriles is 1. The van der Waals surface area contributed by atoms with Gasteiger partial charge in [0.05, 0.1) is 11.5 Å². The number of nitrogens with zero attached hydrogens (tertiary/aromatic N) is 1. The second kappa shape index (κ2) is 1.39. The summed E-state index contributed by atoms with van der Waals surface area (Å²) in [5, 5.41) is 8.43. The van der Waals surface area contributed by atoms with Crippen LogP contribution < -0.4 is 0 Å². The summed E-state index contributed by atoms with van der Waals surface area (Å²) in [6.07, 6.45) is 3.64. The highest BCUT2D eigenvalue weighted by Crippen LogP contribution is 2.63. The van der Waals surface area contributed by atoms with Crippen LogP contribution in [0.15, 0.2) is 0 Å². The van der Waals surface area contributed by atoms with Gasteiger partial charge in [0.25, 0.3) is 0 Å². The van der Waals surface area contributed by atoms with E-state index < -0.39 is 0 Å². The van der Waals surface area contributed by atoms with Gasteiger partial charge in [0.1, 0.15) is 0 Å². The van der Waals surface area contributed by atoms with Crippen molar-refractivity contribution in [2.45, 2.75) is 19.3 Å². The number of halogens is 1. The zero-order chi connectivity index (χ0) is 4.91. The average Bonchev–Trinajstić information content (AvgIpc) is 1.25. The molecule has 0 radical (unpaired) electrons. The Morgan fingerprint density at radius 3 is 1.88 bits per heavy atom. The predicted octanol–water partition coefficient (Wildman–Crippen LogP) is 1.73. The van der Waals surface area contributed by atoms with Crippen LogP contribution in [0.1, 0.15) is 19.3 Å². The van der Waals surface area contributed by atoms with Gasteiger partial charge in [0.2, 0.25) is 0 Å². The van der Waals surface area contributed by atoms with Crippen molar-refractivity contribution in [1.82, 2.24) is 0 Å². The van der Waals surface area contributed by atoms with E-state index in [9.17, 15) is 0 Å². The lowest BCUT2D eigenvalue weighted by Crippen LogP contribution is -2.50. The minimum Gasteiger partial charge on any atom is -0.198 e. The summed E-state index contributed by atoms with van der Waals surface area (Å²) in [5.41, 5.74) is 0.213. The first kappa shape index (κ1) is 5.91. The van der Waals surface area contributed by atoms with Gasteiger partial charge in [-0.2, -0.15) is 5.26 Å². The minimum absolute atomic E-state index is 0. The smallest absolute Gasteiger partial charge is 0.0690 e. The van der Waals surface area contributed by atoms with E-state index in [4.69, 9.17) is 5.26 Å². The lowest BCUT2D eigenvalue weighted by molar-refractivity contribution is -0.0525. The van der Waals surface area contributed by atoms with Crippen LogP contribution in [0.25, 0.3) is 0 Å². The van der Waals surface area contributed by atoms with Crippen LogP contribution in [0.3, 0.4) is 0 Å². The average molecular weight is 130 g/mol. The molecule has 0 N–H and O–H groups in total. The molecule has 0 aromatic carbocycles. The van der Waals surface area contributed by atoms with E-state index in [1.54, 1.807) is 0 Å². The van der Waals surface area contributed by atoms with Crippen molar-refractivity contribution in [2.24, 2.45) is 11.3 Å². The molecule has 0 amide bonds. The summed E-state index contributed by atoms with van der Waals surface area (Å²) in [7, 11) is 0. The molecule has 0 atom stereocenters. The first-order valence-corrected chi connectivity index (χ1v) is 2.76. The number of hydrogen-bond acceptors (Lipinski definition) is 1. The zero-order valence-electron chi connectivity index (χ0n) is 4.55. The van der Waals surface area contributed by atoms with Crippen LogP contribution in [-0.4, -0.2) is 0 Å². The summed E-state index contributed by atoms with van der Waals surface area (Å²) >= 11 is 0. The first-order chi connectivity index (χ1) is 3.35. The Kier molecular flexibility index (Phi) is 1.02. The van der Waals surface area contributed by atoms with Gasteiger partial charge in [-0.1, -0.05) is 0 Å². The summed E-state index contributed by atoms with van der Waals surface area (Å²) < 4.78 is 0. The molecule has 3 aliphatic carbocycles. The van der Waals surface area contributed by atoms with Crippen LogP contribution in [0, 0.1) is 22.7 Å². The SMILES string of the molecule is Cl.N#CC12CC(C1)C2. The van der Waals surface area contributed by atoms with E-state index in [0.29, 0.717) is 0 Å². The maximum atomic E-state index is 8.43.